The van der Waals surface area contributed by atoms with Crippen LogP contribution < -0.4 is 5.32 Å². The zero-order chi connectivity index (χ0) is 15.3. The van der Waals surface area contributed by atoms with Gasteiger partial charge in [-0.2, -0.15) is 0 Å². The van der Waals surface area contributed by atoms with E-state index >= 15 is 0 Å². The summed E-state index contributed by atoms with van der Waals surface area (Å²) in [6.45, 7) is 14.6. The second-order valence-corrected chi connectivity index (χ2v) is 8.50. The van der Waals surface area contributed by atoms with E-state index in [4.69, 9.17) is 0 Å². The first kappa shape index (κ1) is 17.3. The molecule has 0 aromatic heterocycles. The van der Waals surface area contributed by atoms with Crippen molar-refractivity contribution >= 4 is 0 Å². The normalized spacial score (nSPS) is 25.1. The summed E-state index contributed by atoms with van der Waals surface area (Å²) in [4.78, 5) is 2.74. The van der Waals surface area contributed by atoms with Crippen LogP contribution in [0.15, 0.2) is 0 Å². The summed E-state index contributed by atoms with van der Waals surface area (Å²) in [5.74, 6) is 0. The highest BCUT2D eigenvalue weighted by molar-refractivity contribution is 4.91. The van der Waals surface area contributed by atoms with Crippen molar-refractivity contribution in [2.45, 2.75) is 85.1 Å². The number of piperidine rings is 1. The van der Waals surface area contributed by atoms with Gasteiger partial charge in [0.25, 0.3) is 0 Å². The highest BCUT2D eigenvalue weighted by Crippen LogP contribution is 2.44. The molecule has 1 heterocycles. The lowest BCUT2D eigenvalue weighted by molar-refractivity contribution is 0.0417. The molecule has 1 N–H and O–H groups in total. The molecule has 2 aliphatic rings. The van der Waals surface area contributed by atoms with Gasteiger partial charge in [-0.3, -0.25) is 0 Å². The Balaban J connectivity index is 1.79. The van der Waals surface area contributed by atoms with Gasteiger partial charge in [-0.05, 0) is 69.5 Å². The molecule has 0 bridgehead atoms. The maximum absolute atomic E-state index is 3.69. The minimum atomic E-state index is 0.367. The van der Waals surface area contributed by atoms with Crippen molar-refractivity contribution in [1.82, 2.24) is 10.2 Å². The molecule has 2 rings (SSSR count). The number of likely N-dealkylation sites (tertiary alicyclic amines) is 1. The molecule has 21 heavy (non-hydrogen) atoms. The first-order valence-corrected chi connectivity index (χ1v) is 9.43. The van der Waals surface area contributed by atoms with E-state index in [-0.39, 0.29) is 0 Å². The zero-order valence-electron chi connectivity index (χ0n) is 15.0. The molecule has 0 radical (unpaired) electrons. The molecule has 0 aromatic rings. The molecule has 1 aliphatic carbocycles. The van der Waals surface area contributed by atoms with Crippen LogP contribution in [-0.2, 0) is 0 Å². The summed E-state index contributed by atoms with van der Waals surface area (Å²) in [7, 11) is 0. The van der Waals surface area contributed by atoms with Crippen LogP contribution in [0.2, 0.25) is 0 Å². The molecule has 1 saturated carbocycles. The largest absolute Gasteiger partial charge is 0.314 e. The lowest BCUT2D eigenvalue weighted by Gasteiger charge is -2.47. The Bertz CT molecular complexity index is 295. The third kappa shape index (κ3) is 4.69. The Kier molecular flexibility index (Phi) is 6.14. The average Bonchev–Trinajstić information content (AvgIpc) is 2.48. The number of hydrogen-bond donors (Lipinski definition) is 1. The smallest absolute Gasteiger partial charge is 0.0102 e. The number of nitrogens with one attached hydrogen (secondary N) is 1. The van der Waals surface area contributed by atoms with Crippen molar-refractivity contribution in [1.29, 1.82) is 0 Å². The number of nitrogens with zero attached hydrogens (tertiary/aromatic N) is 1. The summed E-state index contributed by atoms with van der Waals surface area (Å²) < 4.78 is 0. The highest BCUT2D eigenvalue weighted by Gasteiger charge is 2.37. The van der Waals surface area contributed by atoms with Crippen molar-refractivity contribution in [3.63, 3.8) is 0 Å². The van der Waals surface area contributed by atoms with E-state index in [0.29, 0.717) is 11.5 Å². The van der Waals surface area contributed by atoms with Gasteiger partial charge in [0.15, 0.2) is 0 Å². The van der Waals surface area contributed by atoms with Crippen molar-refractivity contribution in [3.05, 3.63) is 0 Å². The highest BCUT2D eigenvalue weighted by atomic mass is 15.1. The standard InChI is InChI=1S/C19H38N2/c1-5-13-20-17(2)18(3,4)16-21-14-11-19(12-15-21)9-7-6-8-10-19/h17,20H,5-16H2,1-4H3. The first-order valence-electron chi connectivity index (χ1n) is 9.43. The summed E-state index contributed by atoms with van der Waals surface area (Å²) in [5, 5.41) is 3.69. The van der Waals surface area contributed by atoms with Crippen LogP contribution in [0.5, 0.6) is 0 Å². The molecule has 2 fully saturated rings. The first-order chi connectivity index (χ1) is 9.97. The lowest BCUT2D eigenvalue weighted by atomic mass is 9.68. The van der Waals surface area contributed by atoms with Gasteiger partial charge >= 0.3 is 0 Å². The van der Waals surface area contributed by atoms with Crippen LogP contribution in [0.1, 0.15) is 79.1 Å². The minimum Gasteiger partial charge on any atom is -0.314 e. The fourth-order valence-electron chi connectivity index (χ4n) is 4.34. The van der Waals surface area contributed by atoms with Gasteiger partial charge in [-0.15, -0.1) is 0 Å². The Hall–Kier alpha value is -0.0800. The van der Waals surface area contributed by atoms with Gasteiger partial charge in [-0.25, -0.2) is 0 Å². The third-order valence-corrected chi connectivity index (χ3v) is 6.33. The second-order valence-electron chi connectivity index (χ2n) is 8.50. The van der Waals surface area contributed by atoms with Gasteiger partial charge in [-0.1, -0.05) is 40.0 Å². The van der Waals surface area contributed by atoms with Crippen LogP contribution in [0.4, 0.5) is 0 Å². The molecule has 1 unspecified atom stereocenters. The van der Waals surface area contributed by atoms with E-state index in [1.54, 1.807) is 0 Å². The van der Waals surface area contributed by atoms with Crippen molar-refractivity contribution < 1.29 is 0 Å². The third-order valence-electron chi connectivity index (χ3n) is 6.33. The molecular formula is C19H38N2. The van der Waals surface area contributed by atoms with Gasteiger partial charge in [0.1, 0.15) is 0 Å². The Labute approximate surface area is 133 Å². The van der Waals surface area contributed by atoms with Gasteiger partial charge in [0.2, 0.25) is 0 Å². The van der Waals surface area contributed by atoms with Crippen molar-refractivity contribution in [2.24, 2.45) is 10.8 Å². The maximum Gasteiger partial charge on any atom is 0.0102 e. The molecule has 1 atom stereocenters. The molecule has 1 saturated heterocycles. The van der Waals surface area contributed by atoms with Crippen LogP contribution in [-0.4, -0.2) is 37.1 Å². The van der Waals surface area contributed by atoms with E-state index in [9.17, 15) is 0 Å². The van der Waals surface area contributed by atoms with Crippen molar-refractivity contribution in [3.8, 4) is 0 Å². The summed E-state index contributed by atoms with van der Waals surface area (Å²) in [5.41, 5.74) is 1.11. The SMILES string of the molecule is CCCNC(C)C(C)(C)CN1CCC2(CCCCC2)CC1. The van der Waals surface area contributed by atoms with Gasteiger partial charge in [0.05, 0.1) is 0 Å². The predicted octanol–water partition coefficient (Wildman–Crippen LogP) is 4.45. The molecule has 2 nitrogen and oxygen atoms in total. The zero-order valence-corrected chi connectivity index (χ0v) is 15.0. The van der Waals surface area contributed by atoms with E-state index in [0.717, 1.165) is 12.0 Å². The number of hydrogen-bond acceptors (Lipinski definition) is 2. The molecule has 1 spiro atoms. The van der Waals surface area contributed by atoms with E-state index < -0.39 is 0 Å². The fourth-order valence-corrected chi connectivity index (χ4v) is 4.34. The summed E-state index contributed by atoms with van der Waals surface area (Å²) in [6.07, 6.45) is 11.6. The Morgan fingerprint density at radius 2 is 1.67 bits per heavy atom. The van der Waals surface area contributed by atoms with E-state index in [1.807, 2.05) is 0 Å². The topological polar surface area (TPSA) is 15.3 Å². The van der Waals surface area contributed by atoms with Crippen LogP contribution in [0.3, 0.4) is 0 Å². The van der Waals surface area contributed by atoms with Crippen molar-refractivity contribution in [2.75, 3.05) is 26.2 Å². The molecule has 1 aliphatic heterocycles. The minimum absolute atomic E-state index is 0.367. The molecule has 0 amide bonds. The summed E-state index contributed by atoms with van der Waals surface area (Å²) >= 11 is 0. The fraction of sp³-hybridized carbons (Fsp3) is 1.00. The molecular weight excluding hydrogens is 256 g/mol. The second kappa shape index (κ2) is 7.46. The van der Waals surface area contributed by atoms with Gasteiger partial charge in [0, 0.05) is 12.6 Å². The molecule has 2 heteroatoms. The summed E-state index contributed by atoms with van der Waals surface area (Å²) in [6, 6.07) is 0.600. The van der Waals surface area contributed by atoms with Crippen LogP contribution in [0, 0.1) is 10.8 Å². The quantitative estimate of drug-likeness (QED) is 0.778. The Morgan fingerprint density at radius 3 is 2.24 bits per heavy atom. The van der Waals surface area contributed by atoms with Gasteiger partial charge < -0.3 is 10.2 Å². The maximum atomic E-state index is 3.69. The van der Waals surface area contributed by atoms with Crippen LogP contribution in [0.25, 0.3) is 0 Å². The number of rotatable bonds is 6. The molecule has 124 valence electrons. The van der Waals surface area contributed by atoms with E-state index in [2.05, 4.69) is 37.9 Å². The lowest BCUT2D eigenvalue weighted by Crippen LogP contribution is -2.50. The van der Waals surface area contributed by atoms with Crippen LogP contribution >= 0.6 is 0 Å². The predicted molar refractivity (Wildman–Crippen MR) is 92.7 cm³/mol. The van der Waals surface area contributed by atoms with E-state index in [1.165, 1.54) is 71.0 Å². The Morgan fingerprint density at radius 1 is 1.05 bits per heavy atom. The monoisotopic (exact) mass is 294 g/mol. The molecule has 0 aromatic carbocycles. The average molecular weight is 295 g/mol.